The molecule has 0 unspecified atom stereocenters. The summed E-state index contributed by atoms with van der Waals surface area (Å²) >= 11 is 0. The minimum Gasteiger partial charge on any atom is -0.444 e. The van der Waals surface area contributed by atoms with E-state index in [0.717, 1.165) is 0 Å². The van der Waals surface area contributed by atoms with E-state index in [9.17, 15) is 4.79 Å². The van der Waals surface area contributed by atoms with Gasteiger partial charge in [0.25, 0.3) is 0 Å². The number of carbonyl (C=O) groups is 1. The summed E-state index contributed by atoms with van der Waals surface area (Å²) < 4.78 is 5.15. The molecule has 0 aromatic rings. The number of likely N-dealkylation sites (tertiary alicyclic amines) is 1. The molecule has 5 nitrogen and oxygen atoms in total. The zero-order chi connectivity index (χ0) is 10.9. The van der Waals surface area contributed by atoms with Crippen LogP contribution in [0.2, 0.25) is 0 Å². The van der Waals surface area contributed by atoms with Crippen molar-refractivity contribution in [1.82, 2.24) is 4.90 Å². The van der Waals surface area contributed by atoms with Crippen LogP contribution in [0.25, 0.3) is 0 Å². The van der Waals surface area contributed by atoms with Crippen LogP contribution in [0.1, 0.15) is 20.8 Å². The molecule has 1 rings (SSSR count). The number of hydrogen-bond donors (Lipinski definition) is 2. The van der Waals surface area contributed by atoms with Crippen molar-refractivity contribution in [2.75, 3.05) is 13.1 Å². The Bertz CT molecular complexity index is 251. The van der Waals surface area contributed by atoms with Crippen molar-refractivity contribution in [3.05, 3.63) is 0 Å². The number of hydrogen-bond acceptors (Lipinski definition) is 3. The van der Waals surface area contributed by atoms with Gasteiger partial charge < -0.3 is 15.4 Å². The minimum atomic E-state index is -0.460. The van der Waals surface area contributed by atoms with Gasteiger partial charge in [0, 0.05) is 13.1 Å². The van der Waals surface area contributed by atoms with Crippen molar-refractivity contribution in [2.45, 2.75) is 26.4 Å². The van der Waals surface area contributed by atoms with E-state index in [1.165, 1.54) is 0 Å². The van der Waals surface area contributed by atoms with Crippen LogP contribution in [0.15, 0.2) is 0 Å². The van der Waals surface area contributed by atoms with Crippen LogP contribution in [0.4, 0.5) is 4.79 Å². The first-order chi connectivity index (χ1) is 6.29. The SMILES string of the molecule is CC(C)(C)OC(=O)N1CC(C(=N)N)C1. The molecule has 1 amide bonds. The number of amides is 1. The second-order valence-corrected chi connectivity index (χ2v) is 4.54. The fraction of sp³-hybridized carbons (Fsp3) is 0.778. The molecule has 0 saturated carbocycles. The fourth-order valence-electron chi connectivity index (χ4n) is 1.15. The third-order valence-corrected chi connectivity index (χ3v) is 1.97. The van der Waals surface area contributed by atoms with Crippen LogP contribution in [0.3, 0.4) is 0 Å². The summed E-state index contributed by atoms with van der Waals surface area (Å²) in [6.07, 6.45) is -0.324. The third kappa shape index (κ3) is 2.61. The highest BCUT2D eigenvalue weighted by Crippen LogP contribution is 2.18. The normalized spacial score (nSPS) is 17.5. The molecule has 3 N–H and O–H groups in total. The highest BCUT2D eigenvalue weighted by Gasteiger charge is 2.35. The Hall–Kier alpha value is -1.26. The van der Waals surface area contributed by atoms with E-state index in [4.69, 9.17) is 15.9 Å². The van der Waals surface area contributed by atoms with E-state index < -0.39 is 5.60 Å². The maximum atomic E-state index is 11.4. The van der Waals surface area contributed by atoms with Gasteiger partial charge >= 0.3 is 6.09 Å². The summed E-state index contributed by atoms with van der Waals surface area (Å²) in [5, 5.41) is 7.16. The Balaban J connectivity index is 2.34. The first kappa shape index (κ1) is 10.8. The molecule has 0 bridgehead atoms. The maximum Gasteiger partial charge on any atom is 0.410 e. The summed E-state index contributed by atoms with van der Waals surface area (Å²) in [5.74, 6) is 0.160. The second-order valence-electron chi connectivity index (χ2n) is 4.54. The fourth-order valence-corrected chi connectivity index (χ4v) is 1.15. The maximum absolute atomic E-state index is 11.4. The number of ether oxygens (including phenoxy) is 1. The molecule has 80 valence electrons. The Kier molecular flexibility index (Phi) is 2.69. The van der Waals surface area contributed by atoms with E-state index >= 15 is 0 Å². The molecule has 0 aromatic carbocycles. The summed E-state index contributed by atoms with van der Waals surface area (Å²) in [7, 11) is 0. The number of nitrogens with zero attached hydrogens (tertiary/aromatic N) is 1. The summed E-state index contributed by atoms with van der Waals surface area (Å²) in [6.45, 7) is 6.49. The lowest BCUT2D eigenvalue weighted by Crippen LogP contribution is -2.55. The number of rotatable bonds is 1. The lowest BCUT2D eigenvalue weighted by molar-refractivity contribution is 0.00679. The second kappa shape index (κ2) is 3.48. The van der Waals surface area contributed by atoms with Crippen LogP contribution in [0.5, 0.6) is 0 Å². The van der Waals surface area contributed by atoms with Crippen LogP contribution < -0.4 is 5.73 Å². The average Bonchev–Trinajstić information content (AvgIpc) is 1.75. The molecule has 1 aliphatic heterocycles. The number of nitrogens with one attached hydrogen (secondary N) is 1. The van der Waals surface area contributed by atoms with Gasteiger partial charge in [0.2, 0.25) is 0 Å². The van der Waals surface area contributed by atoms with Gasteiger partial charge in [-0.2, -0.15) is 0 Å². The van der Waals surface area contributed by atoms with Gasteiger partial charge in [-0.25, -0.2) is 4.79 Å². The summed E-state index contributed by atoms with van der Waals surface area (Å²) in [6, 6.07) is 0. The Labute approximate surface area is 83.7 Å². The third-order valence-electron chi connectivity index (χ3n) is 1.97. The van der Waals surface area contributed by atoms with Crippen molar-refractivity contribution < 1.29 is 9.53 Å². The van der Waals surface area contributed by atoms with Crippen LogP contribution in [-0.4, -0.2) is 35.5 Å². The lowest BCUT2D eigenvalue weighted by atomic mass is 10.00. The van der Waals surface area contributed by atoms with E-state index in [1.807, 2.05) is 20.8 Å². The average molecular weight is 199 g/mol. The number of carbonyl (C=O) groups excluding carboxylic acids is 1. The van der Waals surface area contributed by atoms with Gasteiger partial charge in [0.05, 0.1) is 11.8 Å². The van der Waals surface area contributed by atoms with Crippen LogP contribution >= 0.6 is 0 Å². The first-order valence-corrected chi connectivity index (χ1v) is 4.61. The van der Waals surface area contributed by atoms with Crippen LogP contribution in [-0.2, 0) is 4.74 Å². The van der Waals surface area contributed by atoms with E-state index in [0.29, 0.717) is 13.1 Å². The predicted octanol–water partition coefficient (Wildman–Crippen LogP) is 0.789. The Morgan fingerprint density at radius 1 is 1.50 bits per heavy atom. The van der Waals surface area contributed by atoms with Gasteiger partial charge in [-0.3, -0.25) is 5.41 Å². The molecule has 14 heavy (non-hydrogen) atoms. The monoisotopic (exact) mass is 199 g/mol. The Morgan fingerprint density at radius 2 is 2.00 bits per heavy atom. The highest BCUT2D eigenvalue weighted by atomic mass is 16.6. The van der Waals surface area contributed by atoms with Crippen molar-refractivity contribution in [2.24, 2.45) is 11.7 Å². The van der Waals surface area contributed by atoms with Crippen molar-refractivity contribution in [3.63, 3.8) is 0 Å². The molecule has 0 aromatic heterocycles. The van der Waals surface area contributed by atoms with E-state index in [-0.39, 0.29) is 17.8 Å². The largest absolute Gasteiger partial charge is 0.444 e. The number of amidine groups is 1. The smallest absolute Gasteiger partial charge is 0.410 e. The molecule has 1 fully saturated rings. The van der Waals surface area contributed by atoms with Crippen molar-refractivity contribution in [3.8, 4) is 0 Å². The van der Waals surface area contributed by atoms with Gasteiger partial charge in [-0.05, 0) is 20.8 Å². The predicted molar refractivity (Wildman–Crippen MR) is 53.2 cm³/mol. The molecule has 1 heterocycles. The van der Waals surface area contributed by atoms with Gasteiger partial charge in [-0.15, -0.1) is 0 Å². The summed E-state index contributed by atoms with van der Waals surface area (Å²) in [5.41, 5.74) is 4.83. The minimum absolute atomic E-state index is 0.0162. The molecule has 1 saturated heterocycles. The van der Waals surface area contributed by atoms with Crippen LogP contribution in [0, 0.1) is 11.3 Å². The van der Waals surface area contributed by atoms with Gasteiger partial charge in [0.15, 0.2) is 0 Å². The molecular weight excluding hydrogens is 182 g/mol. The quantitative estimate of drug-likeness (QED) is 0.484. The molecule has 0 atom stereocenters. The molecule has 5 heteroatoms. The molecule has 1 aliphatic rings. The topological polar surface area (TPSA) is 79.4 Å². The van der Waals surface area contributed by atoms with E-state index in [1.54, 1.807) is 4.90 Å². The Morgan fingerprint density at radius 3 is 2.36 bits per heavy atom. The molecule has 0 aliphatic carbocycles. The molecular formula is C9H17N3O2. The number of nitrogens with two attached hydrogens (primary N) is 1. The van der Waals surface area contributed by atoms with Crippen molar-refractivity contribution in [1.29, 1.82) is 5.41 Å². The van der Waals surface area contributed by atoms with Crippen molar-refractivity contribution >= 4 is 11.9 Å². The molecule has 0 spiro atoms. The summed E-state index contributed by atoms with van der Waals surface area (Å²) in [4.78, 5) is 13.0. The molecule has 0 radical (unpaired) electrons. The lowest BCUT2D eigenvalue weighted by Gasteiger charge is -2.38. The standard InChI is InChI=1S/C9H17N3O2/c1-9(2,3)14-8(13)12-4-6(5-12)7(10)11/h6H,4-5H2,1-3H3,(H3,10,11). The first-order valence-electron chi connectivity index (χ1n) is 4.61. The van der Waals surface area contributed by atoms with Gasteiger partial charge in [-0.1, -0.05) is 0 Å². The zero-order valence-electron chi connectivity index (χ0n) is 8.83. The van der Waals surface area contributed by atoms with Gasteiger partial charge in [0.1, 0.15) is 5.60 Å². The zero-order valence-corrected chi connectivity index (χ0v) is 8.83. The van der Waals surface area contributed by atoms with E-state index in [2.05, 4.69) is 0 Å². The highest BCUT2D eigenvalue weighted by molar-refractivity contribution is 5.83.